The average molecular weight is 193 g/mol. The van der Waals surface area contributed by atoms with Crippen molar-refractivity contribution in [1.29, 1.82) is 0 Å². The molecule has 0 aromatic heterocycles. The van der Waals surface area contributed by atoms with Crippen LogP contribution in [-0.2, 0) is 0 Å². The highest BCUT2D eigenvalue weighted by Gasteiger charge is 2.21. The van der Waals surface area contributed by atoms with Crippen LogP contribution in [0.15, 0.2) is 24.3 Å². The van der Waals surface area contributed by atoms with Gasteiger partial charge in [-0.1, -0.05) is 12.2 Å². The van der Waals surface area contributed by atoms with Gasteiger partial charge in [-0.2, -0.15) is 0 Å². The van der Waals surface area contributed by atoms with E-state index in [-0.39, 0.29) is 0 Å². The van der Waals surface area contributed by atoms with Crippen LogP contribution in [0.25, 0.3) is 0 Å². The summed E-state index contributed by atoms with van der Waals surface area (Å²) >= 11 is 5.27. The second-order valence-electron chi connectivity index (χ2n) is 3.02. The van der Waals surface area contributed by atoms with E-state index >= 15 is 0 Å². The fraction of sp³-hybridized carbons (Fsp3) is 0.300. The number of hydrogen-bond acceptors (Lipinski definition) is 2. The van der Waals surface area contributed by atoms with E-state index in [0.29, 0.717) is 0 Å². The molecule has 1 heterocycles. The lowest BCUT2D eigenvalue weighted by Gasteiger charge is -2.05. The van der Waals surface area contributed by atoms with Crippen molar-refractivity contribution in [3.63, 3.8) is 0 Å². The molecule has 0 spiro atoms. The maximum Gasteiger partial charge on any atom is 0.118 e. The summed E-state index contributed by atoms with van der Waals surface area (Å²) in [6.07, 6.45) is 0. The lowest BCUT2D eigenvalue weighted by atomic mass is 10.2. The van der Waals surface area contributed by atoms with Crippen molar-refractivity contribution < 1.29 is 4.74 Å². The molecule has 1 fully saturated rings. The highest BCUT2D eigenvalue weighted by molar-refractivity contribution is 7.80. The molecule has 13 heavy (non-hydrogen) atoms. The Morgan fingerprint density at radius 2 is 1.92 bits per heavy atom. The maximum atomic E-state index is 5.27. The number of ether oxygens (including phenoxy) is 1. The molecule has 0 amide bonds. The van der Waals surface area contributed by atoms with E-state index in [1.165, 1.54) is 0 Å². The van der Waals surface area contributed by atoms with Crippen LogP contribution in [0.4, 0.5) is 0 Å². The predicted octanol–water partition coefficient (Wildman–Crippen LogP) is 1.69. The number of benzene rings is 1. The first-order valence-corrected chi connectivity index (χ1v) is 4.65. The first kappa shape index (κ1) is 8.51. The highest BCUT2D eigenvalue weighted by Crippen LogP contribution is 2.16. The van der Waals surface area contributed by atoms with Crippen LogP contribution in [0.3, 0.4) is 0 Å². The minimum absolute atomic E-state index is 0.873. The van der Waals surface area contributed by atoms with Gasteiger partial charge in [-0.05, 0) is 24.3 Å². The summed E-state index contributed by atoms with van der Waals surface area (Å²) in [5.74, 6) is 0.873. The van der Waals surface area contributed by atoms with Crippen LogP contribution in [0.5, 0.6) is 5.75 Å². The van der Waals surface area contributed by atoms with Gasteiger partial charge in [0.25, 0.3) is 0 Å². The van der Waals surface area contributed by atoms with Gasteiger partial charge in [-0.3, -0.25) is 0 Å². The summed E-state index contributed by atoms with van der Waals surface area (Å²) in [6.45, 7) is 2.20. The minimum Gasteiger partial charge on any atom is -0.497 e. The summed E-state index contributed by atoms with van der Waals surface area (Å²) in [5, 5.41) is 0. The molecule has 3 heteroatoms. The lowest BCUT2D eigenvalue weighted by molar-refractivity contribution is 0.415. The molecule has 0 N–H and O–H groups in total. The van der Waals surface area contributed by atoms with Gasteiger partial charge in [0.2, 0.25) is 0 Å². The first-order chi connectivity index (χ1) is 6.31. The van der Waals surface area contributed by atoms with E-state index in [4.69, 9.17) is 17.0 Å². The van der Waals surface area contributed by atoms with E-state index in [2.05, 4.69) is 4.90 Å². The van der Waals surface area contributed by atoms with E-state index in [1.54, 1.807) is 7.11 Å². The monoisotopic (exact) mass is 193 g/mol. The summed E-state index contributed by atoms with van der Waals surface area (Å²) in [5.41, 5.74) is 1.10. The van der Waals surface area contributed by atoms with Crippen LogP contribution in [0, 0.1) is 0 Å². The molecule has 0 radical (unpaired) electrons. The third kappa shape index (κ3) is 1.80. The normalized spacial score (nSPS) is 14.1. The molecule has 2 rings (SSSR count). The first-order valence-electron chi connectivity index (χ1n) is 4.24. The molecule has 0 bridgehead atoms. The smallest absolute Gasteiger partial charge is 0.118 e. The molecule has 68 valence electrons. The Morgan fingerprint density at radius 3 is 2.38 bits per heavy atom. The average Bonchev–Trinajstić information content (AvgIpc) is 3.00. The van der Waals surface area contributed by atoms with Crippen LogP contribution in [0.1, 0.15) is 5.56 Å². The van der Waals surface area contributed by atoms with Crippen molar-refractivity contribution in [1.82, 2.24) is 4.90 Å². The van der Waals surface area contributed by atoms with E-state index < -0.39 is 0 Å². The molecule has 0 saturated carbocycles. The molecule has 2 nitrogen and oxygen atoms in total. The number of rotatable bonds is 2. The quantitative estimate of drug-likeness (QED) is 0.524. The van der Waals surface area contributed by atoms with Crippen LogP contribution >= 0.6 is 12.2 Å². The van der Waals surface area contributed by atoms with E-state index in [0.717, 1.165) is 29.4 Å². The van der Waals surface area contributed by atoms with Gasteiger partial charge < -0.3 is 9.64 Å². The molecule has 0 aliphatic carbocycles. The van der Waals surface area contributed by atoms with Gasteiger partial charge in [0, 0.05) is 18.7 Å². The Labute approximate surface area is 83.1 Å². The zero-order valence-electron chi connectivity index (χ0n) is 7.49. The number of nitrogens with zero attached hydrogens (tertiary/aromatic N) is 1. The van der Waals surface area contributed by atoms with E-state index in [1.807, 2.05) is 24.3 Å². The molecule has 1 aromatic rings. The molecular weight excluding hydrogens is 182 g/mol. The van der Waals surface area contributed by atoms with Crippen molar-refractivity contribution in [2.75, 3.05) is 20.2 Å². The zero-order valence-corrected chi connectivity index (χ0v) is 8.30. The predicted molar refractivity (Wildman–Crippen MR) is 56.3 cm³/mol. The van der Waals surface area contributed by atoms with Crippen molar-refractivity contribution >= 4 is 17.2 Å². The van der Waals surface area contributed by atoms with Gasteiger partial charge in [-0.25, -0.2) is 0 Å². The largest absolute Gasteiger partial charge is 0.497 e. The standard InChI is InChI=1S/C10H11NOS/c1-12-9-4-2-8(3-5-9)10(13)11-6-7-11/h2-5H,6-7H2,1H3. The molecule has 0 atom stereocenters. The highest BCUT2D eigenvalue weighted by atomic mass is 32.1. The van der Waals surface area contributed by atoms with Crippen molar-refractivity contribution in [3.05, 3.63) is 29.8 Å². The molecular formula is C10H11NOS. The van der Waals surface area contributed by atoms with Gasteiger partial charge in [0.1, 0.15) is 10.7 Å². The number of hydrogen-bond donors (Lipinski definition) is 0. The fourth-order valence-electron chi connectivity index (χ4n) is 1.17. The van der Waals surface area contributed by atoms with Gasteiger partial charge in [-0.15, -0.1) is 0 Å². The Kier molecular flexibility index (Phi) is 2.19. The molecule has 1 saturated heterocycles. The zero-order chi connectivity index (χ0) is 9.26. The maximum absolute atomic E-state index is 5.27. The Hall–Kier alpha value is -1.09. The molecule has 1 aliphatic heterocycles. The minimum atomic E-state index is 0.873. The van der Waals surface area contributed by atoms with Gasteiger partial charge >= 0.3 is 0 Å². The second-order valence-corrected chi connectivity index (χ2v) is 3.41. The summed E-state index contributed by atoms with van der Waals surface area (Å²) in [7, 11) is 1.66. The van der Waals surface area contributed by atoms with Crippen molar-refractivity contribution in [3.8, 4) is 5.75 Å². The fourth-order valence-corrected chi connectivity index (χ4v) is 1.49. The van der Waals surface area contributed by atoms with Gasteiger partial charge in [0.15, 0.2) is 0 Å². The van der Waals surface area contributed by atoms with Crippen LogP contribution < -0.4 is 4.74 Å². The SMILES string of the molecule is COc1ccc(C(=S)N2CC2)cc1. The molecule has 0 unspecified atom stereocenters. The van der Waals surface area contributed by atoms with Crippen LogP contribution in [-0.4, -0.2) is 30.1 Å². The summed E-state index contributed by atoms with van der Waals surface area (Å²) < 4.78 is 5.07. The molecule has 1 aliphatic rings. The Bertz CT molecular complexity index is 316. The van der Waals surface area contributed by atoms with E-state index in [9.17, 15) is 0 Å². The topological polar surface area (TPSA) is 12.2 Å². The Morgan fingerprint density at radius 1 is 1.31 bits per heavy atom. The lowest BCUT2D eigenvalue weighted by Crippen LogP contribution is -2.08. The Balaban J connectivity index is 2.16. The summed E-state index contributed by atoms with van der Waals surface area (Å²) in [4.78, 5) is 3.11. The van der Waals surface area contributed by atoms with Crippen molar-refractivity contribution in [2.45, 2.75) is 0 Å². The number of thiocarbonyl (C=S) groups is 1. The molecule has 1 aromatic carbocycles. The van der Waals surface area contributed by atoms with Crippen molar-refractivity contribution in [2.24, 2.45) is 0 Å². The van der Waals surface area contributed by atoms with Gasteiger partial charge in [0.05, 0.1) is 7.11 Å². The summed E-state index contributed by atoms with van der Waals surface area (Å²) in [6, 6.07) is 7.87. The number of methoxy groups -OCH3 is 1. The third-order valence-corrected chi connectivity index (χ3v) is 2.57. The second kappa shape index (κ2) is 3.34. The van der Waals surface area contributed by atoms with Crippen LogP contribution in [0.2, 0.25) is 0 Å². The third-order valence-electron chi connectivity index (χ3n) is 2.07.